The van der Waals surface area contributed by atoms with E-state index in [4.69, 9.17) is 0 Å². The molecule has 1 aliphatic carbocycles. The third-order valence-corrected chi connectivity index (χ3v) is 5.98. The monoisotopic (exact) mass is 446 g/mol. The van der Waals surface area contributed by atoms with Crippen LogP contribution in [0.5, 0.6) is 0 Å². The van der Waals surface area contributed by atoms with Crippen LogP contribution in [0, 0.1) is 17.3 Å². The van der Waals surface area contributed by atoms with Gasteiger partial charge in [0.05, 0.1) is 24.0 Å². The third-order valence-electron chi connectivity index (χ3n) is 5.98. The van der Waals surface area contributed by atoms with E-state index in [1.165, 1.54) is 12.3 Å². The van der Waals surface area contributed by atoms with E-state index in [1.807, 2.05) is 6.92 Å². The lowest BCUT2D eigenvalue weighted by Gasteiger charge is -2.27. The number of aliphatic imine (C=N–C) groups is 1. The molecular formula is C20H17F3N6O3. The van der Waals surface area contributed by atoms with Crippen molar-refractivity contribution in [3.63, 3.8) is 0 Å². The minimum atomic E-state index is -2.94. The fraction of sp³-hybridized carbons (Fsp3) is 0.350. The minimum absolute atomic E-state index is 0.0367. The van der Waals surface area contributed by atoms with Crippen LogP contribution in [0.15, 0.2) is 45.2 Å². The molecular weight excluding hydrogens is 429 g/mol. The molecule has 3 aromatic rings. The van der Waals surface area contributed by atoms with Crippen molar-refractivity contribution in [3.8, 4) is 11.3 Å². The van der Waals surface area contributed by atoms with Crippen molar-refractivity contribution >= 4 is 11.5 Å². The molecule has 0 amide bonds. The topological polar surface area (TPSA) is 118 Å². The van der Waals surface area contributed by atoms with Crippen LogP contribution >= 0.6 is 0 Å². The molecule has 1 unspecified atom stereocenters. The highest BCUT2D eigenvalue weighted by molar-refractivity contribution is 5.88. The maximum Gasteiger partial charge on any atom is 0.388 e. The van der Waals surface area contributed by atoms with Crippen LogP contribution in [0.3, 0.4) is 0 Å². The Morgan fingerprint density at radius 3 is 2.84 bits per heavy atom. The summed E-state index contributed by atoms with van der Waals surface area (Å²) in [6.45, 7) is -0.704. The Kier molecular flexibility index (Phi) is 4.53. The van der Waals surface area contributed by atoms with Crippen LogP contribution in [0.4, 0.5) is 13.2 Å². The Balaban J connectivity index is 1.50. The zero-order valence-electron chi connectivity index (χ0n) is 16.7. The van der Waals surface area contributed by atoms with Gasteiger partial charge in [0.2, 0.25) is 11.8 Å². The van der Waals surface area contributed by atoms with Crippen molar-refractivity contribution < 1.29 is 17.9 Å². The normalized spacial score (nSPS) is 24.7. The molecule has 0 saturated heterocycles. The summed E-state index contributed by atoms with van der Waals surface area (Å²) in [6.07, 6.45) is 6.25. The smallest absolute Gasteiger partial charge is 0.388 e. The largest absolute Gasteiger partial charge is 0.417 e. The van der Waals surface area contributed by atoms with Gasteiger partial charge in [-0.3, -0.25) is 14.8 Å². The maximum atomic E-state index is 14.3. The van der Waals surface area contributed by atoms with E-state index in [0.29, 0.717) is 11.2 Å². The number of nitrogens with one attached hydrogen (secondary N) is 2. The van der Waals surface area contributed by atoms with E-state index in [9.17, 15) is 22.8 Å². The van der Waals surface area contributed by atoms with Gasteiger partial charge < -0.3 is 9.72 Å². The van der Waals surface area contributed by atoms with Gasteiger partial charge in [-0.25, -0.2) is 9.78 Å². The second-order valence-electron chi connectivity index (χ2n) is 8.11. The average Bonchev–Trinajstić information content (AvgIpc) is 3.47. The molecule has 3 aromatic heterocycles. The van der Waals surface area contributed by atoms with Crippen LogP contribution < -0.4 is 11.2 Å². The number of aromatic amines is 2. The number of alkyl halides is 2. The van der Waals surface area contributed by atoms with Crippen molar-refractivity contribution in [2.75, 3.05) is 6.54 Å². The fourth-order valence-electron chi connectivity index (χ4n) is 4.26. The van der Waals surface area contributed by atoms with Gasteiger partial charge in [0.25, 0.3) is 5.56 Å². The number of imidazole rings is 1. The molecule has 3 atom stereocenters. The molecule has 2 aliphatic rings. The number of ether oxygens (including phenoxy) is 1. The summed E-state index contributed by atoms with van der Waals surface area (Å²) >= 11 is 0. The van der Waals surface area contributed by atoms with Gasteiger partial charge in [-0.2, -0.15) is 22.8 Å². The van der Waals surface area contributed by atoms with E-state index in [-0.39, 0.29) is 35.5 Å². The van der Waals surface area contributed by atoms with E-state index in [0.717, 1.165) is 17.1 Å². The summed E-state index contributed by atoms with van der Waals surface area (Å²) < 4.78 is 44.5. The average molecular weight is 446 g/mol. The van der Waals surface area contributed by atoms with Gasteiger partial charge in [-0.1, -0.05) is 13.0 Å². The first-order valence-corrected chi connectivity index (χ1v) is 9.80. The van der Waals surface area contributed by atoms with Crippen LogP contribution in [0.1, 0.15) is 24.8 Å². The first-order chi connectivity index (χ1) is 15.2. The summed E-state index contributed by atoms with van der Waals surface area (Å²) in [4.78, 5) is 36.4. The Bertz CT molecular complexity index is 1390. The molecule has 0 bridgehead atoms. The summed E-state index contributed by atoms with van der Waals surface area (Å²) in [7, 11) is 0. The number of nitrogens with zero attached hydrogens (tertiary/aromatic N) is 4. The van der Waals surface area contributed by atoms with Gasteiger partial charge in [0, 0.05) is 17.2 Å². The lowest BCUT2D eigenvalue weighted by atomic mass is 9.81. The van der Waals surface area contributed by atoms with Gasteiger partial charge >= 0.3 is 12.3 Å². The predicted molar refractivity (Wildman–Crippen MR) is 107 cm³/mol. The Labute approximate surface area is 177 Å². The number of halogens is 3. The van der Waals surface area contributed by atoms with Crippen molar-refractivity contribution in [2.24, 2.45) is 16.3 Å². The predicted octanol–water partition coefficient (Wildman–Crippen LogP) is 2.23. The molecule has 0 aromatic carbocycles. The number of dihydropyridines is 1. The van der Waals surface area contributed by atoms with Crippen LogP contribution in [-0.2, 0) is 4.74 Å². The number of aromatic nitrogens is 5. The highest BCUT2D eigenvalue weighted by Crippen LogP contribution is 2.59. The molecule has 5 rings (SSSR count). The molecule has 166 valence electrons. The molecule has 32 heavy (non-hydrogen) atoms. The molecule has 9 nitrogen and oxygen atoms in total. The highest BCUT2D eigenvalue weighted by Gasteiger charge is 2.51. The first-order valence-electron chi connectivity index (χ1n) is 9.80. The summed E-state index contributed by atoms with van der Waals surface area (Å²) in [5.41, 5.74) is -0.439. The van der Waals surface area contributed by atoms with Gasteiger partial charge in [0.1, 0.15) is 0 Å². The molecule has 1 fully saturated rings. The zero-order valence-corrected chi connectivity index (χ0v) is 16.7. The van der Waals surface area contributed by atoms with Crippen LogP contribution in [-0.4, -0.2) is 43.6 Å². The molecule has 2 N–H and O–H groups in total. The van der Waals surface area contributed by atoms with E-state index in [1.54, 1.807) is 12.1 Å². The van der Waals surface area contributed by atoms with Crippen molar-refractivity contribution in [1.29, 1.82) is 0 Å². The van der Waals surface area contributed by atoms with Crippen molar-refractivity contribution in [3.05, 3.63) is 63.0 Å². The lowest BCUT2D eigenvalue weighted by molar-refractivity contribution is -0.0599. The van der Waals surface area contributed by atoms with Gasteiger partial charge in [-0.05, 0) is 30.4 Å². The second-order valence-corrected chi connectivity index (χ2v) is 8.11. The Morgan fingerprint density at radius 2 is 2.16 bits per heavy atom. The quantitative estimate of drug-likeness (QED) is 0.637. The molecule has 4 heterocycles. The summed E-state index contributed by atoms with van der Waals surface area (Å²) in [5.74, 6) is -0.757. The maximum absolute atomic E-state index is 14.3. The minimum Gasteiger partial charge on any atom is -0.417 e. The second kappa shape index (κ2) is 7.18. The molecule has 0 radical (unpaired) electrons. The standard InChI is InChI=1S/C20H17F3N6O3/c1-20(3-2-15(26-8-20)32-18(22)23)12-4-9(12)10-5-13(11-6-25-19(31)27-17(11)30)28-29-14(21)7-24-16(10)29/h2-3,5-7,9,12,18H,4,8H2,1H3,(H2,25,27,30,31)/t9-,12+,20?/m0/s1. The molecule has 0 spiro atoms. The van der Waals surface area contributed by atoms with Gasteiger partial charge in [0.15, 0.2) is 5.65 Å². The van der Waals surface area contributed by atoms with Crippen molar-refractivity contribution in [1.82, 2.24) is 24.6 Å². The van der Waals surface area contributed by atoms with E-state index in [2.05, 4.69) is 29.8 Å². The van der Waals surface area contributed by atoms with E-state index < -0.39 is 29.2 Å². The zero-order chi connectivity index (χ0) is 22.6. The summed E-state index contributed by atoms with van der Waals surface area (Å²) in [5, 5.41) is 4.17. The fourth-order valence-corrected chi connectivity index (χ4v) is 4.26. The molecule has 1 aliphatic heterocycles. The third kappa shape index (κ3) is 3.41. The highest BCUT2D eigenvalue weighted by atomic mass is 19.3. The van der Waals surface area contributed by atoms with Gasteiger partial charge in [-0.15, -0.1) is 0 Å². The van der Waals surface area contributed by atoms with Crippen molar-refractivity contribution in [2.45, 2.75) is 25.9 Å². The van der Waals surface area contributed by atoms with E-state index >= 15 is 0 Å². The number of H-pyrrole nitrogens is 2. The molecule has 12 heteroatoms. The number of rotatable bonds is 4. The number of hydrogen-bond donors (Lipinski definition) is 2. The number of fused-ring (bicyclic) bond motifs is 1. The Hall–Kier alpha value is -3.70. The van der Waals surface area contributed by atoms with Crippen LogP contribution in [0.2, 0.25) is 0 Å². The SMILES string of the molecule is CC1([C@@H]2C[C@H]2c2cc(-c3c[nH]c(=O)[nH]c3=O)nn3c(F)cnc23)C=CC(OC(F)F)=NC1. The first kappa shape index (κ1) is 20.2. The molecule has 1 saturated carbocycles. The lowest BCUT2D eigenvalue weighted by Crippen LogP contribution is -2.26. The van der Waals surface area contributed by atoms with Crippen LogP contribution in [0.25, 0.3) is 16.9 Å². The number of hydrogen-bond acceptors (Lipinski definition) is 6. The summed E-state index contributed by atoms with van der Waals surface area (Å²) in [6, 6.07) is 1.67. The Morgan fingerprint density at radius 1 is 1.34 bits per heavy atom.